The van der Waals surface area contributed by atoms with Crippen LogP contribution in [0.4, 0.5) is 0 Å². The molecule has 9 nitrogen and oxygen atoms in total. The summed E-state index contributed by atoms with van der Waals surface area (Å²) in [4.78, 5) is 41.1. The average molecular weight is 445 g/mol. The molecule has 0 aliphatic heterocycles. The Morgan fingerprint density at radius 1 is 0.879 bits per heavy atom. The number of benzene rings is 1. The third kappa shape index (κ3) is 4.82. The molecule has 3 N–H and O–H groups in total. The van der Waals surface area contributed by atoms with Crippen LogP contribution in [-0.4, -0.2) is 28.4 Å². The van der Waals surface area contributed by atoms with Crippen molar-refractivity contribution in [1.29, 1.82) is 0 Å². The molecule has 4 rings (SSSR count). The lowest BCUT2D eigenvalue weighted by Gasteiger charge is -2.13. The van der Waals surface area contributed by atoms with Crippen LogP contribution in [0, 0.1) is 13.8 Å². The van der Waals surface area contributed by atoms with E-state index < -0.39 is 11.8 Å². The van der Waals surface area contributed by atoms with E-state index in [2.05, 4.69) is 26.4 Å². The minimum absolute atomic E-state index is 0.0921. The lowest BCUT2D eigenvalue weighted by molar-refractivity contribution is 0.0829. The number of aromatic nitrogens is 1. The molecule has 33 heavy (non-hydrogen) atoms. The summed E-state index contributed by atoms with van der Waals surface area (Å²) < 4.78 is 5.80. The first-order valence-electron chi connectivity index (χ1n) is 10.5. The first kappa shape index (κ1) is 21.9. The minimum atomic E-state index is -0.577. The Morgan fingerprint density at radius 3 is 2.27 bits per heavy atom. The molecule has 0 bridgehead atoms. The largest absolute Gasteiger partial charge is 0.455 e. The normalized spacial score (nSPS) is 13.8. The van der Waals surface area contributed by atoms with Crippen molar-refractivity contribution in [3.8, 4) is 0 Å². The van der Waals surface area contributed by atoms with E-state index in [1.807, 2.05) is 19.1 Å². The van der Waals surface area contributed by atoms with Crippen LogP contribution in [0.15, 0.2) is 58.3 Å². The van der Waals surface area contributed by atoms with E-state index >= 15 is 0 Å². The van der Waals surface area contributed by atoms with Gasteiger partial charge in [0.05, 0.1) is 5.71 Å². The van der Waals surface area contributed by atoms with Crippen molar-refractivity contribution in [1.82, 2.24) is 21.3 Å². The van der Waals surface area contributed by atoms with Gasteiger partial charge in [-0.05, 0) is 51.0 Å². The van der Waals surface area contributed by atoms with E-state index in [4.69, 9.17) is 4.42 Å². The lowest BCUT2D eigenvalue weighted by atomic mass is 9.93. The number of amides is 3. The van der Waals surface area contributed by atoms with Crippen molar-refractivity contribution in [3.63, 3.8) is 0 Å². The molecule has 1 aliphatic carbocycles. The van der Waals surface area contributed by atoms with E-state index in [-0.39, 0.29) is 11.7 Å². The summed E-state index contributed by atoms with van der Waals surface area (Å²) >= 11 is 0. The van der Waals surface area contributed by atoms with Crippen LogP contribution in [0.1, 0.15) is 66.6 Å². The summed E-state index contributed by atoms with van der Waals surface area (Å²) in [6, 6.07) is 10.3. The molecule has 0 fully saturated rings. The number of nitrogens with zero attached hydrogens (tertiary/aromatic N) is 2. The molecule has 168 valence electrons. The number of carbonyl (C=O) groups excluding carboxylic acids is 3. The van der Waals surface area contributed by atoms with Crippen molar-refractivity contribution in [2.45, 2.75) is 33.1 Å². The van der Waals surface area contributed by atoms with Crippen molar-refractivity contribution < 1.29 is 18.8 Å². The van der Waals surface area contributed by atoms with Gasteiger partial charge >= 0.3 is 5.91 Å². The van der Waals surface area contributed by atoms with Crippen molar-refractivity contribution in [2.24, 2.45) is 5.10 Å². The molecular weight excluding hydrogens is 422 g/mol. The topological polar surface area (TPSA) is 126 Å². The number of rotatable bonds is 4. The van der Waals surface area contributed by atoms with E-state index in [1.54, 1.807) is 19.1 Å². The third-order valence-electron chi connectivity index (χ3n) is 5.37. The van der Waals surface area contributed by atoms with Gasteiger partial charge in [-0.1, -0.05) is 17.7 Å². The minimum Gasteiger partial charge on any atom is -0.455 e. The van der Waals surface area contributed by atoms with Crippen LogP contribution in [-0.2, 0) is 6.42 Å². The van der Waals surface area contributed by atoms with Crippen LogP contribution in [0.3, 0.4) is 0 Å². The maximum Gasteiger partial charge on any atom is 0.305 e. The number of hydrazone groups is 1. The van der Waals surface area contributed by atoms with E-state index in [0.717, 1.165) is 17.5 Å². The highest BCUT2D eigenvalue weighted by Gasteiger charge is 2.28. The SMILES string of the molecule is Cc1ccc(C(=O)N/N=C2\CCCc3oc(C(=O)NNC(=O)c4ccncc4)c(C)c32)cc1. The van der Waals surface area contributed by atoms with Gasteiger partial charge in [-0.2, -0.15) is 5.10 Å². The smallest absolute Gasteiger partial charge is 0.305 e. The Balaban J connectivity index is 1.48. The number of fused-ring (bicyclic) bond motifs is 1. The Labute approximate surface area is 190 Å². The zero-order chi connectivity index (χ0) is 23.4. The molecule has 0 saturated carbocycles. The second-order valence-corrected chi connectivity index (χ2v) is 7.72. The highest BCUT2D eigenvalue weighted by molar-refractivity contribution is 6.07. The van der Waals surface area contributed by atoms with E-state index in [0.29, 0.717) is 41.0 Å². The molecule has 3 amide bonds. The number of nitrogens with one attached hydrogen (secondary N) is 3. The van der Waals surface area contributed by atoms with Gasteiger partial charge in [0.1, 0.15) is 5.76 Å². The van der Waals surface area contributed by atoms with Crippen molar-refractivity contribution in [2.75, 3.05) is 0 Å². The van der Waals surface area contributed by atoms with Gasteiger partial charge in [-0.15, -0.1) is 0 Å². The predicted octanol–water partition coefficient (Wildman–Crippen LogP) is 2.84. The first-order valence-corrected chi connectivity index (χ1v) is 10.5. The van der Waals surface area contributed by atoms with Gasteiger partial charge in [0.25, 0.3) is 11.8 Å². The molecule has 2 heterocycles. The standard InChI is InChI=1S/C24H23N5O4/c1-14-6-8-16(9-7-14)22(30)27-26-18-4-3-5-19-20(18)15(2)21(33-19)24(32)29-28-23(31)17-10-12-25-13-11-17/h6-13H,3-5H2,1-2H3,(H,27,30)(H,28,31)(H,29,32)/b26-18+. The van der Waals surface area contributed by atoms with Crippen LogP contribution in [0.2, 0.25) is 0 Å². The van der Waals surface area contributed by atoms with Crippen LogP contribution >= 0.6 is 0 Å². The average Bonchev–Trinajstić information content (AvgIpc) is 3.19. The van der Waals surface area contributed by atoms with Crippen molar-refractivity contribution in [3.05, 3.63) is 88.1 Å². The Hall–Kier alpha value is -4.27. The Bertz CT molecular complexity index is 1230. The molecule has 9 heteroatoms. The summed E-state index contributed by atoms with van der Waals surface area (Å²) in [6.07, 6.45) is 5.04. The fraction of sp³-hybridized carbons (Fsp3) is 0.208. The highest BCUT2D eigenvalue weighted by Crippen LogP contribution is 2.29. The molecule has 1 aliphatic rings. The third-order valence-corrected chi connectivity index (χ3v) is 5.37. The molecule has 3 aromatic rings. The van der Waals surface area contributed by atoms with Gasteiger partial charge in [0.2, 0.25) is 0 Å². The molecular formula is C24H23N5O4. The lowest BCUT2D eigenvalue weighted by Crippen LogP contribution is -2.41. The quantitative estimate of drug-likeness (QED) is 0.533. The summed E-state index contributed by atoms with van der Waals surface area (Å²) in [5.74, 6) is -0.636. The van der Waals surface area contributed by atoms with Gasteiger partial charge in [0, 0.05) is 41.1 Å². The Kier molecular flexibility index (Phi) is 6.30. The van der Waals surface area contributed by atoms with Gasteiger partial charge in [-0.3, -0.25) is 30.2 Å². The van der Waals surface area contributed by atoms with Crippen molar-refractivity contribution >= 4 is 23.4 Å². The number of aryl methyl sites for hydroxylation is 2. The van der Waals surface area contributed by atoms with Gasteiger partial charge < -0.3 is 4.42 Å². The van der Waals surface area contributed by atoms with Gasteiger partial charge in [-0.25, -0.2) is 5.43 Å². The monoisotopic (exact) mass is 445 g/mol. The molecule has 2 aromatic heterocycles. The molecule has 0 unspecified atom stereocenters. The summed E-state index contributed by atoms with van der Waals surface area (Å²) in [5, 5.41) is 4.32. The zero-order valence-electron chi connectivity index (χ0n) is 18.3. The number of hydrogen-bond donors (Lipinski definition) is 3. The fourth-order valence-electron chi connectivity index (χ4n) is 3.63. The zero-order valence-corrected chi connectivity index (χ0v) is 18.3. The number of pyridine rings is 1. The second-order valence-electron chi connectivity index (χ2n) is 7.72. The van der Waals surface area contributed by atoms with Gasteiger partial charge in [0.15, 0.2) is 5.76 Å². The van der Waals surface area contributed by atoms with Crippen LogP contribution in [0.5, 0.6) is 0 Å². The molecule has 0 saturated heterocycles. The molecule has 0 spiro atoms. The maximum absolute atomic E-state index is 12.7. The Morgan fingerprint density at radius 2 is 1.55 bits per heavy atom. The summed E-state index contributed by atoms with van der Waals surface area (Å²) in [7, 11) is 0. The molecule has 1 aromatic carbocycles. The predicted molar refractivity (Wildman–Crippen MR) is 121 cm³/mol. The number of hydrazine groups is 1. The van der Waals surface area contributed by atoms with Crippen LogP contribution in [0.25, 0.3) is 0 Å². The summed E-state index contributed by atoms with van der Waals surface area (Å²) in [5.41, 5.74) is 11.2. The number of hydrogen-bond acceptors (Lipinski definition) is 6. The molecule has 0 radical (unpaired) electrons. The highest BCUT2D eigenvalue weighted by atomic mass is 16.4. The second kappa shape index (κ2) is 9.47. The first-order chi connectivity index (χ1) is 15.9. The fourth-order valence-corrected chi connectivity index (χ4v) is 3.63. The maximum atomic E-state index is 12.7. The molecule has 0 atom stereocenters. The van der Waals surface area contributed by atoms with Crippen LogP contribution < -0.4 is 16.3 Å². The number of furan rings is 1. The summed E-state index contributed by atoms with van der Waals surface area (Å²) in [6.45, 7) is 3.70. The van der Waals surface area contributed by atoms with E-state index in [9.17, 15) is 14.4 Å². The number of carbonyl (C=O) groups is 3. The van der Waals surface area contributed by atoms with E-state index in [1.165, 1.54) is 24.5 Å².